The van der Waals surface area contributed by atoms with Crippen molar-refractivity contribution in [1.82, 2.24) is 21.3 Å². The fraction of sp³-hybridized carbons (Fsp3) is 0.579. The largest absolute Gasteiger partial charge is 0.495 e. The van der Waals surface area contributed by atoms with Crippen molar-refractivity contribution < 1.29 is 76.6 Å². The minimum absolute atomic E-state index is 0.0427. The zero-order chi connectivity index (χ0) is 62.1. The van der Waals surface area contributed by atoms with Crippen LogP contribution in [-0.4, -0.2) is 159 Å². The number of alkyl carbamates (subject to hydrolysis) is 1. The number of amides is 7. The molecule has 0 spiro atoms. The molecular weight excluding hydrogens is 1250 g/mol. The van der Waals surface area contributed by atoms with Crippen LogP contribution < -0.4 is 52.0 Å². The number of primary amides is 1. The summed E-state index contributed by atoms with van der Waals surface area (Å²) >= 11 is 13.4. The van der Waals surface area contributed by atoms with Crippen molar-refractivity contribution in [2.24, 2.45) is 23.5 Å². The molecule has 1 unspecified atom stereocenters. The second-order valence-corrected chi connectivity index (χ2v) is 23.2. The van der Waals surface area contributed by atoms with Crippen molar-refractivity contribution in [3.05, 3.63) is 64.7 Å². The molecule has 3 aliphatic rings. The number of methoxy groups -OCH3 is 3. The lowest BCUT2D eigenvalue weighted by Gasteiger charge is -2.42. The fourth-order valence-corrected chi connectivity index (χ4v) is 11.9. The Kier molecular flexibility index (Phi) is 26.1. The van der Waals surface area contributed by atoms with Gasteiger partial charge in [-0.25, -0.2) is 14.4 Å². The van der Waals surface area contributed by atoms with Crippen molar-refractivity contribution in [2.45, 2.75) is 140 Å². The zero-order valence-corrected chi connectivity index (χ0v) is 52.6. The monoisotopic (exact) mass is 1320 g/mol. The lowest BCUT2D eigenvalue weighted by Crippen LogP contribution is -2.63. The van der Waals surface area contributed by atoms with Crippen molar-refractivity contribution >= 4 is 109 Å². The normalized spacial score (nSPS) is 24.5. The summed E-state index contributed by atoms with van der Waals surface area (Å²) in [5.74, 6) is -3.01. The number of urea groups is 1. The van der Waals surface area contributed by atoms with Gasteiger partial charge in [0, 0.05) is 55.5 Å². The summed E-state index contributed by atoms with van der Waals surface area (Å²) in [6, 6.07) is 4.21. The van der Waals surface area contributed by atoms with Crippen LogP contribution in [0, 0.1) is 17.8 Å². The highest BCUT2D eigenvalue weighted by Gasteiger charge is 2.64. The Hall–Kier alpha value is -6.03. The van der Waals surface area contributed by atoms with E-state index in [9.17, 15) is 43.5 Å². The molecule has 0 aromatic heterocycles. The molecule has 27 heteroatoms. The molecule has 2 aromatic rings. The van der Waals surface area contributed by atoms with Crippen LogP contribution in [0.25, 0.3) is 0 Å². The molecule has 3 heterocycles. The molecule has 10 atom stereocenters. The Labute approximate surface area is 511 Å². The number of nitrogens with zero attached hydrogens (tertiary/aromatic N) is 1. The number of allylic oxidation sites excluding steroid dienone is 3. The molecule has 7 amide bonds. The summed E-state index contributed by atoms with van der Waals surface area (Å²) in [6.07, 6.45) is 1.40. The van der Waals surface area contributed by atoms with E-state index in [2.05, 4.69) is 63.8 Å². The quantitative estimate of drug-likeness (QED) is 0.0130. The summed E-state index contributed by atoms with van der Waals surface area (Å²) in [7, 11) is 5.73. The van der Waals surface area contributed by atoms with Crippen LogP contribution in [0.4, 0.5) is 31.4 Å². The molecular formula is C57H79Br2ClN8O16. The molecule has 0 aliphatic carbocycles. The van der Waals surface area contributed by atoms with Gasteiger partial charge in [0.15, 0.2) is 5.72 Å². The maximum absolute atomic E-state index is 14.5. The molecule has 24 nitrogen and oxygen atoms in total. The average molecular weight is 1330 g/mol. The molecule has 5 rings (SSSR count). The van der Waals surface area contributed by atoms with Crippen LogP contribution in [0.1, 0.15) is 85.1 Å². The van der Waals surface area contributed by atoms with Crippen LogP contribution in [0.3, 0.4) is 0 Å². The Morgan fingerprint density at radius 3 is 2.36 bits per heavy atom. The van der Waals surface area contributed by atoms with Gasteiger partial charge in [0.05, 0.1) is 62.7 Å². The SMILES string of the molecule is COc1cc(NC(=O)O[C@H]2CC(=O)N(C)c3cc(cc(OC)c3Cl)C/C(C)=C/C=C/[C@@H](OC)[C@@]3(O)C[C@H](OC(=O)N3)[C@@H](C)[C@@H]3O[C@@]23C)ccc1NC(=O)[C@H](CCCNC(N)=O)NC(=O)[C@@H](NC(C=O)CCCCOC(=O)C(CBr)CBr)C(C)C. The number of alkyl halides is 2. The number of rotatable bonds is 25. The second-order valence-electron chi connectivity index (χ2n) is 21.5. The number of ether oxygens (including phenoxy) is 7. The predicted octanol–water partition coefficient (Wildman–Crippen LogP) is 6.55. The summed E-state index contributed by atoms with van der Waals surface area (Å²) < 4.78 is 40.4. The van der Waals surface area contributed by atoms with E-state index < -0.39 is 102 Å². The van der Waals surface area contributed by atoms with Crippen molar-refractivity contribution in [3.8, 4) is 11.5 Å². The van der Waals surface area contributed by atoms with E-state index in [0.717, 1.165) is 11.1 Å². The number of carbonyl (C=O) groups is 8. The first kappa shape index (κ1) is 68.7. The maximum atomic E-state index is 14.5. The van der Waals surface area contributed by atoms with Crippen LogP contribution in [0.15, 0.2) is 54.1 Å². The van der Waals surface area contributed by atoms with E-state index in [1.54, 1.807) is 52.0 Å². The molecule has 2 aromatic carbocycles. The number of hydrogen-bond donors (Lipinski definition) is 8. The van der Waals surface area contributed by atoms with Crippen molar-refractivity contribution in [3.63, 3.8) is 0 Å². The minimum atomic E-state index is -1.91. The molecule has 464 valence electrons. The Morgan fingerprint density at radius 1 is 1.00 bits per heavy atom. The average Bonchev–Trinajstić information content (AvgIpc) is 1.80. The van der Waals surface area contributed by atoms with Gasteiger partial charge in [-0.05, 0) is 88.1 Å². The molecule has 84 heavy (non-hydrogen) atoms. The number of unbranched alkanes of at least 4 members (excludes halogenated alkanes) is 1. The molecule has 2 saturated heterocycles. The number of benzene rings is 2. The molecule has 3 aliphatic heterocycles. The Balaban J connectivity index is 1.35. The highest BCUT2D eigenvalue weighted by atomic mass is 79.9. The molecule has 9 N–H and O–H groups in total. The van der Waals surface area contributed by atoms with Gasteiger partial charge in [0.1, 0.15) is 52.8 Å². The van der Waals surface area contributed by atoms with E-state index in [-0.39, 0.29) is 72.4 Å². The molecule has 4 bridgehead atoms. The fourth-order valence-electron chi connectivity index (χ4n) is 9.94. The lowest BCUT2D eigenvalue weighted by molar-refractivity contribution is -0.147. The number of nitrogens with one attached hydrogen (secondary N) is 6. The number of esters is 1. The first-order valence-corrected chi connectivity index (χ1v) is 30.2. The van der Waals surface area contributed by atoms with E-state index in [4.69, 9.17) is 50.5 Å². The molecule has 0 radical (unpaired) electrons. The summed E-state index contributed by atoms with van der Waals surface area (Å²) in [5, 5.41) is 29.3. The predicted molar refractivity (Wildman–Crippen MR) is 321 cm³/mol. The van der Waals surface area contributed by atoms with Crippen LogP contribution in [0.5, 0.6) is 11.5 Å². The number of anilines is 3. The smallest absolute Gasteiger partial charge is 0.412 e. The maximum Gasteiger partial charge on any atom is 0.412 e. The zero-order valence-electron chi connectivity index (χ0n) is 48.7. The summed E-state index contributed by atoms with van der Waals surface area (Å²) in [4.78, 5) is 107. The van der Waals surface area contributed by atoms with E-state index in [1.165, 1.54) is 51.5 Å². The number of nitrogens with two attached hydrogens (primary N) is 1. The van der Waals surface area contributed by atoms with E-state index in [0.29, 0.717) is 54.1 Å². The minimum Gasteiger partial charge on any atom is -0.495 e. The van der Waals surface area contributed by atoms with Crippen LogP contribution >= 0.6 is 43.5 Å². The van der Waals surface area contributed by atoms with E-state index in [1.807, 2.05) is 13.0 Å². The molecule has 2 fully saturated rings. The third-order valence-electron chi connectivity index (χ3n) is 14.9. The summed E-state index contributed by atoms with van der Waals surface area (Å²) in [6.45, 7) is 9.13. The number of hydrogen-bond acceptors (Lipinski definition) is 17. The van der Waals surface area contributed by atoms with Crippen molar-refractivity contribution in [2.75, 3.05) is 67.7 Å². The number of aliphatic hydroxyl groups is 1. The number of fused-ring (bicyclic) bond motifs is 5. The first-order valence-electron chi connectivity index (χ1n) is 27.5. The van der Waals surface area contributed by atoms with Gasteiger partial charge in [-0.1, -0.05) is 88.0 Å². The van der Waals surface area contributed by atoms with E-state index >= 15 is 0 Å². The van der Waals surface area contributed by atoms with Gasteiger partial charge in [-0.2, -0.15) is 0 Å². The second kappa shape index (κ2) is 31.9. The van der Waals surface area contributed by atoms with Gasteiger partial charge in [-0.3, -0.25) is 35.1 Å². The third kappa shape index (κ3) is 18.7. The number of carbonyl (C=O) groups excluding carboxylic acids is 8. The van der Waals surface area contributed by atoms with Crippen LogP contribution in [0.2, 0.25) is 5.02 Å². The molecule has 0 saturated carbocycles. The first-order chi connectivity index (χ1) is 39.8. The van der Waals surface area contributed by atoms with Crippen LogP contribution in [-0.2, 0) is 54.1 Å². The Morgan fingerprint density at radius 2 is 1.71 bits per heavy atom. The van der Waals surface area contributed by atoms with Gasteiger partial charge >= 0.3 is 24.2 Å². The van der Waals surface area contributed by atoms with Gasteiger partial charge in [0.2, 0.25) is 17.7 Å². The van der Waals surface area contributed by atoms with Gasteiger partial charge in [0.25, 0.3) is 0 Å². The number of epoxide rings is 1. The highest BCUT2D eigenvalue weighted by molar-refractivity contribution is 9.09. The van der Waals surface area contributed by atoms with Crippen molar-refractivity contribution in [1.29, 1.82) is 0 Å². The third-order valence-corrected chi connectivity index (χ3v) is 16.8. The number of halogens is 3. The summed E-state index contributed by atoms with van der Waals surface area (Å²) in [5.41, 5.74) is 4.25. The standard InChI is InChI=1S/C57H79Br2ClN8O16/c1-31(2)48(63-37(30-69)15-10-11-21-81-52(73)35(28-58)29-59)51(72)66-39(16-13-20-62-53(61)74)50(71)65-38-19-18-36(25-41(38)78-7)64-54(75)83-45-26-46(70)68(6)40-23-34(24-42(79-8)47(40)60)22-32(3)14-12-17-44(80-9)57(77)27-43(82-55(76)67-57)33(4)49-56(45,5)84-49/h12,14,17-19,23-25,30-31,33,35,37,39,43-45,48-49,63,77H,10-11,13,15-16,20-22,26-29H2,1-9H3,(H,64,75)(H,65,71)(H,66,72)(H,67,76)(H3,61,62,74)/b17-12+,32-14+/t33-,37?,39+,43+,44-,45+,48+,49+,56+,57+/m1/s1. The van der Waals surface area contributed by atoms with Gasteiger partial charge < -0.3 is 69.6 Å². The lowest BCUT2D eigenvalue weighted by atomic mass is 9.83. The highest BCUT2D eigenvalue weighted by Crippen LogP contribution is 2.49. The Bertz CT molecular complexity index is 2740. The topological polar surface area (TPSA) is 326 Å². The number of aldehydes is 1. The van der Waals surface area contributed by atoms with Gasteiger partial charge in [-0.15, -0.1) is 0 Å².